The monoisotopic (exact) mass is 412 g/mol. The molecule has 3 aromatic heterocycles. The lowest BCUT2D eigenvalue weighted by Gasteiger charge is -2.26. The molecule has 1 aliphatic carbocycles. The maximum absolute atomic E-state index is 5.93. The maximum Gasteiger partial charge on any atom is 0.122 e. The molecular weight excluding hydrogens is 388 g/mol. The average molecular weight is 412 g/mol. The molecule has 6 rings (SSSR count). The van der Waals surface area contributed by atoms with Gasteiger partial charge in [-0.2, -0.15) is 15.4 Å². The van der Waals surface area contributed by atoms with Gasteiger partial charge in [-0.25, -0.2) is 4.98 Å². The highest BCUT2D eigenvalue weighted by Gasteiger charge is 2.28. The smallest absolute Gasteiger partial charge is 0.122 e. The first-order valence-corrected chi connectivity index (χ1v) is 10.9. The van der Waals surface area contributed by atoms with E-state index in [2.05, 4.69) is 54.3 Å². The second kappa shape index (κ2) is 7.34. The lowest BCUT2D eigenvalue weighted by Crippen LogP contribution is -2.18. The quantitative estimate of drug-likeness (QED) is 0.523. The van der Waals surface area contributed by atoms with E-state index < -0.39 is 0 Å². The summed E-state index contributed by atoms with van der Waals surface area (Å²) < 4.78 is 8.11. The molecule has 1 aromatic carbocycles. The molecule has 0 unspecified atom stereocenters. The van der Waals surface area contributed by atoms with Crippen LogP contribution in [-0.4, -0.2) is 36.6 Å². The van der Waals surface area contributed by atoms with Gasteiger partial charge in [-0.1, -0.05) is 12.1 Å². The topological polar surface area (TPSA) is 81.5 Å². The van der Waals surface area contributed by atoms with Crippen molar-refractivity contribution in [1.29, 1.82) is 0 Å². The van der Waals surface area contributed by atoms with Gasteiger partial charge in [0.15, 0.2) is 0 Å². The van der Waals surface area contributed by atoms with E-state index in [9.17, 15) is 0 Å². The number of hydrogen-bond donors (Lipinski definition) is 1. The van der Waals surface area contributed by atoms with Crippen molar-refractivity contribution in [3.8, 4) is 28.4 Å². The van der Waals surface area contributed by atoms with Gasteiger partial charge in [0.2, 0.25) is 0 Å². The molecule has 1 aliphatic heterocycles. The van der Waals surface area contributed by atoms with Crippen LogP contribution in [0.15, 0.2) is 49.1 Å². The van der Waals surface area contributed by atoms with Crippen LogP contribution in [0.4, 0.5) is 0 Å². The second-order valence-electron chi connectivity index (χ2n) is 8.55. The number of aryl methyl sites for hydroxylation is 1. The first-order valence-electron chi connectivity index (χ1n) is 10.9. The van der Waals surface area contributed by atoms with Crippen molar-refractivity contribution in [2.45, 2.75) is 44.6 Å². The largest absolute Gasteiger partial charge is 0.493 e. The molecule has 0 saturated heterocycles. The molecular formula is C24H24N6O. The van der Waals surface area contributed by atoms with Crippen LogP contribution < -0.4 is 4.74 Å². The summed E-state index contributed by atoms with van der Waals surface area (Å²) in [5, 5.41) is 11.0. The summed E-state index contributed by atoms with van der Waals surface area (Å²) in [6, 6.07) is 10.7. The van der Waals surface area contributed by atoms with Crippen molar-refractivity contribution in [3.05, 3.63) is 65.9 Å². The molecule has 1 saturated carbocycles. The highest BCUT2D eigenvalue weighted by molar-refractivity contribution is 5.67. The molecule has 0 spiro atoms. The molecule has 2 aliphatic rings. The number of H-pyrrole nitrogens is 1. The maximum atomic E-state index is 5.93. The Kier molecular flexibility index (Phi) is 4.33. The number of rotatable bonds is 5. The third-order valence-corrected chi connectivity index (χ3v) is 6.33. The van der Waals surface area contributed by atoms with E-state index in [1.54, 1.807) is 6.20 Å². The number of hydrogen-bond acceptors (Lipinski definition) is 5. The Hall–Kier alpha value is -3.48. The van der Waals surface area contributed by atoms with Gasteiger partial charge in [-0.05, 0) is 61.4 Å². The zero-order chi connectivity index (χ0) is 20.8. The first-order chi connectivity index (χ1) is 15.2. The number of fused-ring (bicyclic) bond motifs is 1. The van der Waals surface area contributed by atoms with Gasteiger partial charge >= 0.3 is 0 Å². The van der Waals surface area contributed by atoms with Crippen LogP contribution in [-0.2, 0) is 6.54 Å². The molecule has 156 valence electrons. The normalized spacial score (nSPS) is 17.9. The Morgan fingerprint density at radius 3 is 2.84 bits per heavy atom. The molecule has 31 heavy (non-hydrogen) atoms. The highest BCUT2D eigenvalue weighted by atomic mass is 16.5. The lowest BCUT2D eigenvalue weighted by atomic mass is 9.91. The van der Waals surface area contributed by atoms with Crippen LogP contribution in [0.3, 0.4) is 0 Å². The molecule has 1 N–H and O–H groups in total. The molecule has 7 nitrogen and oxygen atoms in total. The zero-order valence-electron chi connectivity index (χ0n) is 17.5. The van der Waals surface area contributed by atoms with E-state index in [0.29, 0.717) is 5.92 Å². The minimum absolute atomic E-state index is 0.432. The predicted octanol–water partition coefficient (Wildman–Crippen LogP) is 4.48. The lowest BCUT2D eigenvalue weighted by molar-refractivity contribution is 0.258. The summed E-state index contributed by atoms with van der Waals surface area (Å²) in [6.07, 6.45) is 9.44. The number of imidazole rings is 1. The fraction of sp³-hybridized carbons (Fsp3) is 0.333. The van der Waals surface area contributed by atoms with Crippen molar-refractivity contribution < 1.29 is 4.74 Å². The number of pyridine rings is 1. The Morgan fingerprint density at radius 2 is 2.00 bits per heavy atom. The number of nitrogens with zero attached hydrogens (tertiary/aromatic N) is 5. The summed E-state index contributed by atoms with van der Waals surface area (Å²) in [7, 11) is 0. The summed E-state index contributed by atoms with van der Waals surface area (Å²) in [6.45, 7) is 3.59. The number of aromatic nitrogens is 6. The van der Waals surface area contributed by atoms with Crippen LogP contribution in [0, 0.1) is 6.92 Å². The van der Waals surface area contributed by atoms with Crippen LogP contribution in [0.1, 0.15) is 47.9 Å². The van der Waals surface area contributed by atoms with Gasteiger partial charge < -0.3 is 9.30 Å². The molecule has 7 heteroatoms. The first kappa shape index (κ1) is 18.3. The van der Waals surface area contributed by atoms with E-state index in [-0.39, 0.29) is 0 Å². The van der Waals surface area contributed by atoms with Crippen LogP contribution in [0.2, 0.25) is 0 Å². The Bertz CT molecular complexity index is 1240. The van der Waals surface area contributed by atoms with Gasteiger partial charge in [0, 0.05) is 30.4 Å². The number of ether oxygens (including phenoxy) is 1. The van der Waals surface area contributed by atoms with Crippen LogP contribution in [0.25, 0.3) is 22.6 Å². The Labute approximate surface area is 180 Å². The van der Waals surface area contributed by atoms with Gasteiger partial charge in [0.1, 0.15) is 17.1 Å². The second-order valence-corrected chi connectivity index (χ2v) is 8.55. The van der Waals surface area contributed by atoms with E-state index in [0.717, 1.165) is 59.6 Å². The molecule has 0 amide bonds. The van der Waals surface area contributed by atoms with Gasteiger partial charge in [0.05, 0.1) is 24.3 Å². The minimum Gasteiger partial charge on any atom is -0.493 e. The minimum atomic E-state index is 0.432. The third-order valence-electron chi connectivity index (χ3n) is 6.33. The standard InChI is InChI=1S/C24H24N6O/c1-15-24(28-29-27-15)18-6-8-25-21(11-18)22-13-30(14-26-22)12-19-7-9-31-23-5-4-17(10-20(19)23)16-2-3-16/h4-6,8,10-11,13-14,16,19H,2-3,7,9,12H2,1H3,(H,27,28,29)/t19-/m0/s1. The van der Waals surface area contributed by atoms with Gasteiger partial charge in [-0.15, -0.1) is 0 Å². The zero-order valence-corrected chi connectivity index (χ0v) is 17.5. The average Bonchev–Trinajstić information content (AvgIpc) is 3.40. The van der Waals surface area contributed by atoms with E-state index in [4.69, 9.17) is 4.74 Å². The summed E-state index contributed by atoms with van der Waals surface area (Å²) in [5.74, 6) is 2.22. The fourth-order valence-corrected chi connectivity index (χ4v) is 4.47. The predicted molar refractivity (Wildman–Crippen MR) is 117 cm³/mol. The number of aromatic amines is 1. The SMILES string of the molecule is Cc1n[nH]nc1-c1ccnc(-c2cn(C[C@@H]3CCOc4ccc(C5CC5)cc43)cn2)c1. The fourth-order valence-electron chi connectivity index (χ4n) is 4.47. The molecule has 0 radical (unpaired) electrons. The molecule has 1 fully saturated rings. The van der Waals surface area contributed by atoms with Crippen molar-refractivity contribution in [3.63, 3.8) is 0 Å². The van der Waals surface area contributed by atoms with Crippen molar-refractivity contribution in [2.24, 2.45) is 0 Å². The summed E-state index contributed by atoms with van der Waals surface area (Å²) in [4.78, 5) is 9.16. The molecule has 4 heterocycles. The van der Waals surface area contributed by atoms with Crippen molar-refractivity contribution in [2.75, 3.05) is 6.61 Å². The molecule has 4 aromatic rings. The summed E-state index contributed by atoms with van der Waals surface area (Å²) in [5.41, 5.74) is 7.19. The van der Waals surface area contributed by atoms with Crippen molar-refractivity contribution >= 4 is 0 Å². The van der Waals surface area contributed by atoms with Gasteiger partial charge in [-0.3, -0.25) is 4.98 Å². The number of nitrogens with one attached hydrogen (secondary N) is 1. The number of benzene rings is 1. The molecule has 0 bridgehead atoms. The van der Waals surface area contributed by atoms with E-state index in [1.165, 1.54) is 24.0 Å². The Morgan fingerprint density at radius 1 is 1.06 bits per heavy atom. The van der Waals surface area contributed by atoms with E-state index in [1.807, 2.05) is 25.4 Å². The van der Waals surface area contributed by atoms with Crippen LogP contribution in [0.5, 0.6) is 5.75 Å². The van der Waals surface area contributed by atoms with E-state index >= 15 is 0 Å². The summed E-state index contributed by atoms with van der Waals surface area (Å²) >= 11 is 0. The van der Waals surface area contributed by atoms with Gasteiger partial charge in [0.25, 0.3) is 0 Å². The Balaban J connectivity index is 1.25. The van der Waals surface area contributed by atoms with Crippen molar-refractivity contribution in [1.82, 2.24) is 29.9 Å². The highest BCUT2D eigenvalue weighted by Crippen LogP contribution is 2.44. The third kappa shape index (κ3) is 3.50. The van der Waals surface area contributed by atoms with Crippen LogP contribution >= 0.6 is 0 Å². The molecule has 1 atom stereocenters.